The van der Waals surface area contributed by atoms with Gasteiger partial charge in [-0.15, -0.1) is 0 Å². The van der Waals surface area contributed by atoms with Crippen LogP contribution >= 0.6 is 0 Å². The number of nitrogens with one attached hydrogen (secondary N) is 1. The van der Waals surface area contributed by atoms with Crippen LogP contribution in [0.25, 0.3) is 0 Å². The summed E-state index contributed by atoms with van der Waals surface area (Å²) in [5.41, 5.74) is 3.64. The van der Waals surface area contributed by atoms with Gasteiger partial charge in [-0.25, -0.2) is 9.97 Å². The fourth-order valence-electron chi connectivity index (χ4n) is 2.75. The Morgan fingerprint density at radius 3 is 3.29 bits per heavy atom. The van der Waals surface area contributed by atoms with Crippen LogP contribution in [0.15, 0.2) is 6.33 Å². The quantitative estimate of drug-likeness (QED) is 0.853. The first kappa shape index (κ1) is 11.1. The number of ether oxygens (including phenoxy) is 1. The molecule has 0 amide bonds. The van der Waals surface area contributed by atoms with Crippen molar-refractivity contribution in [2.75, 3.05) is 13.2 Å². The third-order valence-electron chi connectivity index (χ3n) is 3.75. The topological polar surface area (TPSA) is 47.0 Å². The number of hydrogen-bond donors (Lipinski definition) is 1. The average Bonchev–Trinajstić information content (AvgIpc) is 2.89. The summed E-state index contributed by atoms with van der Waals surface area (Å²) >= 11 is 0. The molecule has 92 valence electrons. The molecule has 1 fully saturated rings. The van der Waals surface area contributed by atoms with E-state index in [-0.39, 0.29) is 0 Å². The maximum Gasteiger partial charge on any atom is 0.115 e. The van der Waals surface area contributed by atoms with Gasteiger partial charge in [0.2, 0.25) is 0 Å². The molecule has 0 aromatic carbocycles. The third-order valence-corrected chi connectivity index (χ3v) is 3.75. The van der Waals surface area contributed by atoms with Gasteiger partial charge in [0, 0.05) is 23.7 Å². The predicted molar refractivity (Wildman–Crippen MR) is 64.7 cm³/mol. The predicted octanol–water partition coefficient (Wildman–Crippen LogP) is 1.23. The van der Waals surface area contributed by atoms with Crippen molar-refractivity contribution in [3.8, 4) is 0 Å². The maximum atomic E-state index is 5.51. The van der Waals surface area contributed by atoms with E-state index in [4.69, 9.17) is 4.74 Å². The van der Waals surface area contributed by atoms with Crippen LogP contribution in [0, 0.1) is 0 Å². The zero-order chi connectivity index (χ0) is 11.5. The van der Waals surface area contributed by atoms with Crippen LogP contribution in [0.3, 0.4) is 0 Å². The molecule has 2 aliphatic heterocycles. The SMILES string of the molecule is c1nc2c(c(CCC3CCCN3)n1)COCC2. The maximum absolute atomic E-state index is 5.51. The molecule has 3 heterocycles. The van der Waals surface area contributed by atoms with Crippen molar-refractivity contribution in [2.45, 2.75) is 44.8 Å². The molecular formula is C13H19N3O. The monoisotopic (exact) mass is 233 g/mol. The number of aryl methyl sites for hydroxylation is 1. The van der Waals surface area contributed by atoms with E-state index >= 15 is 0 Å². The Balaban J connectivity index is 1.69. The number of aromatic nitrogens is 2. The highest BCUT2D eigenvalue weighted by Crippen LogP contribution is 2.19. The molecule has 1 saturated heterocycles. The zero-order valence-corrected chi connectivity index (χ0v) is 10.1. The standard InChI is InChI=1S/C13H19N3O/c1-2-10(14-6-1)3-4-12-11-8-17-7-5-13(11)16-9-15-12/h9-10,14H,1-8H2. The minimum absolute atomic E-state index is 0.685. The van der Waals surface area contributed by atoms with Crippen LogP contribution in [-0.2, 0) is 24.2 Å². The third kappa shape index (κ3) is 2.48. The highest BCUT2D eigenvalue weighted by Gasteiger charge is 2.18. The highest BCUT2D eigenvalue weighted by molar-refractivity contribution is 5.25. The van der Waals surface area contributed by atoms with E-state index in [0.717, 1.165) is 19.4 Å². The highest BCUT2D eigenvalue weighted by atomic mass is 16.5. The van der Waals surface area contributed by atoms with Gasteiger partial charge in [-0.1, -0.05) is 0 Å². The van der Waals surface area contributed by atoms with E-state index in [1.807, 2.05) is 0 Å². The van der Waals surface area contributed by atoms with Crippen LogP contribution < -0.4 is 5.32 Å². The van der Waals surface area contributed by atoms with E-state index in [1.165, 1.54) is 42.8 Å². The summed E-state index contributed by atoms with van der Waals surface area (Å²) in [5.74, 6) is 0. The van der Waals surface area contributed by atoms with Gasteiger partial charge in [-0.2, -0.15) is 0 Å². The molecule has 1 aromatic rings. The van der Waals surface area contributed by atoms with E-state index < -0.39 is 0 Å². The van der Waals surface area contributed by atoms with Crippen LogP contribution in [0.4, 0.5) is 0 Å². The fourth-order valence-corrected chi connectivity index (χ4v) is 2.75. The summed E-state index contributed by atoms with van der Waals surface area (Å²) in [6.45, 7) is 2.67. The Labute approximate surface area is 102 Å². The molecule has 0 radical (unpaired) electrons. The van der Waals surface area contributed by atoms with E-state index in [1.54, 1.807) is 6.33 Å². The summed E-state index contributed by atoms with van der Waals surface area (Å²) in [5, 5.41) is 3.53. The van der Waals surface area contributed by atoms with Crippen molar-refractivity contribution in [3.05, 3.63) is 23.3 Å². The first-order valence-electron chi connectivity index (χ1n) is 6.56. The minimum Gasteiger partial charge on any atom is -0.376 e. The first-order chi connectivity index (χ1) is 8.43. The van der Waals surface area contributed by atoms with Crippen LogP contribution in [0.1, 0.15) is 36.2 Å². The van der Waals surface area contributed by atoms with Gasteiger partial charge in [0.25, 0.3) is 0 Å². The normalized spacial score (nSPS) is 23.6. The molecule has 1 N–H and O–H groups in total. The smallest absolute Gasteiger partial charge is 0.115 e. The Hall–Kier alpha value is -1.00. The molecule has 4 heteroatoms. The molecule has 4 nitrogen and oxygen atoms in total. The van der Waals surface area contributed by atoms with Gasteiger partial charge in [-0.05, 0) is 32.2 Å². The number of rotatable bonds is 3. The van der Waals surface area contributed by atoms with Crippen molar-refractivity contribution in [1.82, 2.24) is 15.3 Å². The number of fused-ring (bicyclic) bond motifs is 1. The van der Waals surface area contributed by atoms with E-state index in [0.29, 0.717) is 12.6 Å². The molecule has 0 saturated carbocycles. The van der Waals surface area contributed by atoms with Gasteiger partial charge < -0.3 is 10.1 Å². The van der Waals surface area contributed by atoms with Gasteiger partial charge in [-0.3, -0.25) is 0 Å². The molecule has 1 unspecified atom stereocenters. The summed E-state index contributed by atoms with van der Waals surface area (Å²) in [6.07, 6.45) is 7.50. The van der Waals surface area contributed by atoms with Crippen molar-refractivity contribution in [1.29, 1.82) is 0 Å². The Morgan fingerprint density at radius 2 is 2.41 bits per heavy atom. The number of nitrogens with zero attached hydrogens (tertiary/aromatic N) is 2. The lowest BCUT2D eigenvalue weighted by Gasteiger charge is -2.18. The molecule has 1 aromatic heterocycles. The first-order valence-corrected chi connectivity index (χ1v) is 6.56. The average molecular weight is 233 g/mol. The summed E-state index contributed by atoms with van der Waals surface area (Å²) in [6, 6.07) is 0.685. The lowest BCUT2D eigenvalue weighted by Crippen LogP contribution is -2.23. The molecule has 2 aliphatic rings. The van der Waals surface area contributed by atoms with Crippen molar-refractivity contribution in [2.24, 2.45) is 0 Å². The molecule has 0 spiro atoms. The second-order valence-corrected chi connectivity index (χ2v) is 4.88. The van der Waals surface area contributed by atoms with Crippen LogP contribution in [0.5, 0.6) is 0 Å². The van der Waals surface area contributed by atoms with Gasteiger partial charge >= 0.3 is 0 Å². The van der Waals surface area contributed by atoms with Crippen molar-refractivity contribution >= 4 is 0 Å². The van der Waals surface area contributed by atoms with Gasteiger partial charge in [0.05, 0.1) is 18.9 Å². The largest absolute Gasteiger partial charge is 0.376 e. The van der Waals surface area contributed by atoms with Crippen molar-refractivity contribution < 1.29 is 4.74 Å². The lowest BCUT2D eigenvalue weighted by atomic mass is 10.0. The second kappa shape index (κ2) is 5.10. The summed E-state index contributed by atoms with van der Waals surface area (Å²) < 4.78 is 5.51. The minimum atomic E-state index is 0.685. The van der Waals surface area contributed by atoms with Crippen LogP contribution in [-0.4, -0.2) is 29.2 Å². The van der Waals surface area contributed by atoms with E-state index in [9.17, 15) is 0 Å². The molecule has 0 aliphatic carbocycles. The fraction of sp³-hybridized carbons (Fsp3) is 0.692. The Morgan fingerprint density at radius 1 is 1.41 bits per heavy atom. The molecular weight excluding hydrogens is 214 g/mol. The zero-order valence-electron chi connectivity index (χ0n) is 10.1. The molecule has 17 heavy (non-hydrogen) atoms. The lowest BCUT2D eigenvalue weighted by molar-refractivity contribution is 0.108. The Kier molecular flexibility index (Phi) is 3.34. The molecule has 1 atom stereocenters. The van der Waals surface area contributed by atoms with Crippen molar-refractivity contribution in [3.63, 3.8) is 0 Å². The Bertz CT molecular complexity index is 388. The van der Waals surface area contributed by atoms with Crippen LogP contribution in [0.2, 0.25) is 0 Å². The summed E-state index contributed by atoms with van der Waals surface area (Å²) in [4.78, 5) is 8.79. The molecule has 0 bridgehead atoms. The van der Waals surface area contributed by atoms with E-state index in [2.05, 4.69) is 15.3 Å². The molecule has 3 rings (SSSR count). The van der Waals surface area contributed by atoms with Gasteiger partial charge in [0.1, 0.15) is 6.33 Å². The second-order valence-electron chi connectivity index (χ2n) is 4.88. The summed E-state index contributed by atoms with van der Waals surface area (Å²) in [7, 11) is 0. The number of hydrogen-bond acceptors (Lipinski definition) is 4. The van der Waals surface area contributed by atoms with Gasteiger partial charge in [0.15, 0.2) is 0 Å².